The Labute approximate surface area is 114 Å². The molecule has 0 bridgehead atoms. The van der Waals surface area contributed by atoms with Gasteiger partial charge in [-0.2, -0.15) is 0 Å². The summed E-state index contributed by atoms with van der Waals surface area (Å²) in [6.45, 7) is 1.81. The number of rotatable bonds is 3. The van der Waals surface area contributed by atoms with E-state index >= 15 is 0 Å². The predicted molar refractivity (Wildman–Crippen MR) is 70.9 cm³/mol. The first-order chi connectivity index (χ1) is 8.60. The van der Waals surface area contributed by atoms with Crippen molar-refractivity contribution in [3.63, 3.8) is 0 Å². The summed E-state index contributed by atoms with van der Waals surface area (Å²) in [5, 5.41) is 0.876. The fraction of sp³-hybridized carbons (Fsp3) is 0.0769. The summed E-state index contributed by atoms with van der Waals surface area (Å²) in [6, 6.07) is 6.66. The van der Waals surface area contributed by atoms with Crippen molar-refractivity contribution in [1.29, 1.82) is 0 Å². The zero-order chi connectivity index (χ0) is 13.1. The molecule has 0 amide bonds. The van der Waals surface area contributed by atoms with Gasteiger partial charge >= 0.3 is 0 Å². The van der Waals surface area contributed by atoms with Crippen molar-refractivity contribution in [1.82, 2.24) is 4.98 Å². The Hall–Kier alpha value is -1.58. The Balaban J connectivity index is 2.28. The van der Waals surface area contributed by atoms with Gasteiger partial charge in [0.1, 0.15) is 5.75 Å². The summed E-state index contributed by atoms with van der Waals surface area (Å²) in [5.41, 5.74) is 1.28. The number of carbonyl (C=O) groups is 1. The normalized spacial score (nSPS) is 10.2. The molecule has 0 radical (unpaired) electrons. The number of hydrogen-bond donors (Lipinski definition) is 0. The highest BCUT2D eigenvalue weighted by Gasteiger charge is 2.06. The molecule has 92 valence electrons. The number of benzene rings is 1. The largest absolute Gasteiger partial charge is 0.439 e. The summed E-state index contributed by atoms with van der Waals surface area (Å²) >= 11 is 11.7. The molecular formula is C13H9Cl2NO2. The predicted octanol–water partition coefficient (Wildman–Crippen LogP) is 4.30. The number of pyridine rings is 1. The van der Waals surface area contributed by atoms with Crippen LogP contribution < -0.4 is 4.74 Å². The topological polar surface area (TPSA) is 39.2 Å². The van der Waals surface area contributed by atoms with Crippen LogP contribution in [0.5, 0.6) is 11.6 Å². The molecule has 0 atom stereocenters. The van der Waals surface area contributed by atoms with Crippen LogP contribution in [0.15, 0.2) is 30.5 Å². The van der Waals surface area contributed by atoms with Crippen molar-refractivity contribution >= 4 is 29.5 Å². The Morgan fingerprint density at radius 2 is 2.00 bits per heavy atom. The monoisotopic (exact) mass is 281 g/mol. The lowest BCUT2D eigenvalue weighted by Crippen LogP contribution is -1.93. The highest BCUT2D eigenvalue weighted by Crippen LogP contribution is 2.29. The average Bonchev–Trinajstić information content (AvgIpc) is 2.36. The molecule has 2 rings (SSSR count). The standard InChI is InChI=1S/C13H9Cl2NO2/c1-8-4-9(7-17)6-16-13(8)18-10-2-3-11(14)12(15)5-10/h2-7H,1H3. The van der Waals surface area contributed by atoms with Gasteiger partial charge in [-0.1, -0.05) is 23.2 Å². The SMILES string of the molecule is Cc1cc(C=O)cnc1Oc1ccc(Cl)c(Cl)c1. The first-order valence-electron chi connectivity index (χ1n) is 5.15. The smallest absolute Gasteiger partial charge is 0.222 e. The number of ether oxygens (including phenoxy) is 1. The minimum absolute atomic E-state index is 0.413. The van der Waals surface area contributed by atoms with Crippen molar-refractivity contribution in [2.75, 3.05) is 0 Å². The molecule has 5 heteroatoms. The molecule has 18 heavy (non-hydrogen) atoms. The van der Waals surface area contributed by atoms with E-state index in [-0.39, 0.29) is 0 Å². The maximum absolute atomic E-state index is 10.6. The summed E-state index contributed by atoms with van der Waals surface area (Å²) in [7, 11) is 0. The molecule has 1 heterocycles. The minimum atomic E-state index is 0.413. The third kappa shape index (κ3) is 2.81. The van der Waals surface area contributed by atoms with Crippen molar-refractivity contribution in [3.05, 3.63) is 51.6 Å². The molecule has 0 N–H and O–H groups in total. The lowest BCUT2D eigenvalue weighted by Gasteiger charge is -2.08. The molecule has 0 aliphatic heterocycles. The van der Waals surface area contributed by atoms with Crippen LogP contribution in [-0.2, 0) is 0 Å². The van der Waals surface area contributed by atoms with Gasteiger partial charge in [0.15, 0.2) is 6.29 Å². The molecule has 1 aromatic heterocycles. The molecule has 2 aromatic rings. The Kier molecular flexibility index (Phi) is 3.84. The molecule has 0 saturated heterocycles. The van der Waals surface area contributed by atoms with Gasteiger partial charge in [0.2, 0.25) is 5.88 Å². The van der Waals surface area contributed by atoms with Gasteiger partial charge in [-0.3, -0.25) is 4.79 Å². The lowest BCUT2D eigenvalue weighted by molar-refractivity contribution is 0.112. The van der Waals surface area contributed by atoms with Crippen LogP contribution in [0, 0.1) is 6.92 Å². The first kappa shape index (κ1) is 12.9. The number of aryl methyl sites for hydroxylation is 1. The Morgan fingerprint density at radius 3 is 2.61 bits per heavy atom. The molecular weight excluding hydrogens is 273 g/mol. The highest BCUT2D eigenvalue weighted by atomic mass is 35.5. The molecule has 1 aromatic carbocycles. The van der Waals surface area contributed by atoms with Gasteiger partial charge in [0.05, 0.1) is 10.0 Å². The van der Waals surface area contributed by atoms with E-state index in [9.17, 15) is 4.79 Å². The molecule has 0 aliphatic rings. The second-order valence-electron chi connectivity index (χ2n) is 3.69. The Morgan fingerprint density at radius 1 is 1.22 bits per heavy atom. The Bertz CT molecular complexity index is 600. The van der Waals surface area contributed by atoms with Crippen molar-refractivity contribution in [2.24, 2.45) is 0 Å². The number of nitrogens with zero attached hydrogens (tertiary/aromatic N) is 1. The maximum Gasteiger partial charge on any atom is 0.222 e. The third-order valence-electron chi connectivity index (χ3n) is 2.29. The van der Waals surface area contributed by atoms with Crippen LogP contribution >= 0.6 is 23.2 Å². The van der Waals surface area contributed by atoms with Crippen LogP contribution in [0.3, 0.4) is 0 Å². The molecule has 0 unspecified atom stereocenters. The van der Waals surface area contributed by atoms with E-state index in [1.165, 1.54) is 6.20 Å². The summed E-state index contributed by atoms with van der Waals surface area (Å²) in [5.74, 6) is 0.970. The van der Waals surface area contributed by atoms with Gasteiger partial charge in [0.25, 0.3) is 0 Å². The maximum atomic E-state index is 10.6. The number of aldehydes is 1. The number of aromatic nitrogens is 1. The third-order valence-corrected chi connectivity index (χ3v) is 3.03. The van der Waals surface area contributed by atoms with E-state index in [0.717, 1.165) is 11.8 Å². The quantitative estimate of drug-likeness (QED) is 0.788. The van der Waals surface area contributed by atoms with Crippen LogP contribution in [0.1, 0.15) is 15.9 Å². The molecule has 0 fully saturated rings. The van der Waals surface area contributed by atoms with Gasteiger partial charge in [-0.25, -0.2) is 4.98 Å². The molecule has 0 aliphatic carbocycles. The van der Waals surface area contributed by atoms with E-state index in [2.05, 4.69) is 4.98 Å². The fourth-order valence-electron chi connectivity index (χ4n) is 1.41. The minimum Gasteiger partial charge on any atom is -0.439 e. The van der Waals surface area contributed by atoms with Crippen molar-refractivity contribution < 1.29 is 9.53 Å². The second-order valence-corrected chi connectivity index (χ2v) is 4.50. The van der Waals surface area contributed by atoms with E-state index in [4.69, 9.17) is 27.9 Å². The summed E-state index contributed by atoms with van der Waals surface area (Å²) in [4.78, 5) is 14.7. The molecule has 3 nitrogen and oxygen atoms in total. The van der Waals surface area contributed by atoms with E-state index in [1.54, 1.807) is 24.3 Å². The van der Waals surface area contributed by atoms with Crippen molar-refractivity contribution in [2.45, 2.75) is 6.92 Å². The first-order valence-corrected chi connectivity index (χ1v) is 5.90. The van der Waals surface area contributed by atoms with E-state index < -0.39 is 0 Å². The zero-order valence-electron chi connectivity index (χ0n) is 9.48. The van der Waals surface area contributed by atoms with Gasteiger partial charge < -0.3 is 4.74 Å². The van der Waals surface area contributed by atoms with Gasteiger partial charge in [0, 0.05) is 23.4 Å². The number of carbonyl (C=O) groups excluding carboxylic acids is 1. The average molecular weight is 282 g/mol. The van der Waals surface area contributed by atoms with Crippen LogP contribution in [0.4, 0.5) is 0 Å². The van der Waals surface area contributed by atoms with Crippen LogP contribution in [-0.4, -0.2) is 11.3 Å². The number of hydrogen-bond acceptors (Lipinski definition) is 3. The highest BCUT2D eigenvalue weighted by molar-refractivity contribution is 6.42. The molecule has 0 spiro atoms. The van der Waals surface area contributed by atoms with Crippen LogP contribution in [0.25, 0.3) is 0 Å². The van der Waals surface area contributed by atoms with Crippen molar-refractivity contribution in [3.8, 4) is 11.6 Å². The fourth-order valence-corrected chi connectivity index (χ4v) is 1.70. The van der Waals surface area contributed by atoms with Gasteiger partial charge in [-0.05, 0) is 25.1 Å². The molecule has 0 saturated carbocycles. The number of halogens is 2. The second kappa shape index (κ2) is 5.38. The summed E-state index contributed by atoms with van der Waals surface area (Å²) < 4.78 is 5.57. The summed E-state index contributed by atoms with van der Waals surface area (Å²) in [6.07, 6.45) is 2.19. The van der Waals surface area contributed by atoms with E-state index in [0.29, 0.717) is 27.2 Å². The van der Waals surface area contributed by atoms with E-state index in [1.807, 2.05) is 6.92 Å². The van der Waals surface area contributed by atoms with Gasteiger partial charge in [-0.15, -0.1) is 0 Å². The zero-order valence-corrected chi connectivity index (χ0v) is 11.0. The van der Waals surface area contributed by atoms with Crippen LogP contribution in [0.2, 0.25) is 10.0 Å². The lowest BCUT2D eigenvalue weighted by atomic mass is 10.2.